The van der Waals surface area contributed by atoms with Crippen LogP contribution in [0.4, 0.5) is 0 Å². The van der Waals surface area contributed by atoms with Gasteiger partial charge in [0.15, 0.2) is 0 Å². The van der Waals surface area contributed by atoms with E-state index in [1.54, 1.807) is 0 Å². The topological polar surface area (TPSA) is 46.5 Å². The van der Waals surface area contributed by atoms with Crippen molar-refractivity contribution in [1.29, 1.82) is 0 Å². The number of aliphatic hydroxyl groups excluding tert-OH is 1. The molecule has 3 nitrogen and oxygen atoms in total. The van der Waals surface area contributed by atoms with E-state index >= 15 is 0 Å². The molecule has 0 rings (SSSR count). The van der Waals surface area contributed by atoms with Crippen LogP contribution in [0.25, 0.3) is 0 Å². The smallest absolute Gasteiger partial charge is 0.311 e. The van der Waals surface area contributed by atoms with Crippen LogP contribution in [0.15, 0.2) is 11.1 Å². The number of aliphatic hydroxyl groups is 1. The van der Waals surface area contributed by atoms with Crippen LogP contribution in [-0.2, 0) is 9.53 Å². The van der Waals surface area contributed by atoms with Crippen LogP contribution in [0.3, 0.4) is 0 Å². The summed E-state index contributed by atoms with van der Waals surface area (Å²) in [4.78, 5) is 11.4. The van der Waals surface area contributed by atoms with E-state index < -0.39 is 5.41 Å². The SMILES string of the molecule is C/C(CO)=C(/C)COC(=O)C(C)(C)C. The zero-order valence-corrected chi connectivity index (χ0v) is 9.68. The summed E-state index contributed by atoms with van der Waals surface area (Å²) >= 11 is 0. The van der Waals surface area contributed by atoms with Crippen molar-refractivity contribution in [3.63, 3.8) is 0 Å². The maximum atomic E-state index is 11.4. The highest BCUT2D eigenvalue weighted by Gasteiger charge is 2.22. The molecule has 0 aromatic carbocycles. The number of hydrogen-bond acceptors (Lipinski definition) is 3. The fourth-order valence-corrected chi connectivity index (χ4v) is 0.648. The van der Waals surface area contributed by atoms with Crippen molar-refractivity contribution in [2.45, 2.75) is 34.6 Å². The second kappa shape index (κ2) is 5.15. The van der Waals surface area contributed by atoms with Gasteiger partial charge in [-0.25, -0.2) is 0 Å². The van der Waals surface area contributed by atoms with Gasteiger partial charge in [-0.3, -0.25) is 4.79 Å². The minimum absolute atomic E-state index is 0.0128. The number of hydrogen-bond donors (Lipinski definition) is 1. The third-order valence-electron chi connectivity index (χ3n) is 2.00. The van der Waals surface area contributed by atoms with Crippen LogP contribution in [-0.4, -0.2) is 24.3 Å². The number of esters is 1. The first-order chi connectivity index (χ1) is 6.29. The first kappa shape index (κ1) is 13.2. The molecule has 0 amide bonds. The van der Waals surface area contributed by atoms with Crippen molar-refractivity contribution < 1.29 is 14.6 Å². The van der Waals surface area contributed by atoms with E-state index in [0.717, 1.165) is 11.1 Å². The van der Waals surface area contributed by atoms with Crippen molar-refractivity contribution in [3.8, 4) is 0 Å². The van der Waals surface area contributed by atoms with E-state index in [2.05, 4.69) is 0 Å². The molecule has 0 atom stereocenters. The number of ether oxygens (including phenoxy) is 1. The Kier molecular flexibility index (Phi) is 4.85. The largest absolute Gasteiger partial charge is 0.461 e. The minimum Gasteiger partial charge on any atom is -0.461 e. The fraction of sp³-hybridized carbons (Fsp3) is 0.727. The van der Waals surface area contributed by atoms with E-state index in [-0.39, 0.29) is 19.2 Å². The van der Waals surface area contributed by atoms with Gasteiger partial charge in [0.2, 0.25) is 0 Å². The molecule has 14 heavy (non-hydrogen) atoms. The third-order valence-corrected chi connectivity index (χ3v) is 2.00. The van der Waals surface area contributed by atoms with Gasteiger partial charge in [0.05, 0.1) is 12.0 Å². The number of carbonyl (C=O) groups is 1. The Morgan fingerprint density at radius 2 is 1.71 bits per heavy atom. The molecule has 0 aromatic heterocycles. The molecule has 0 radical (unpaired) electrons. The Balaban J connectivity index is 4.15. The number of carbonyl (C=O) groups excluding carboxylic acids is 1. The van der Waals surface area contributed by atoms with Crippen molar-refractivity contribution >= 4 is 5.97 Å². The van der Waals surface area contributed by atoms with Gasteiger partial charge in [-0.2, -0.15) is 0 Å². The van der Waals surface area contributed by atoms with Gasteiger partial charge in [0.1, 0.15) is 6.61 Å². The van der Waals surface area contributed by atoms with E-state index in [4.69, 9.17) is 9.84 Å². The first-order valence-electron chi connectivity index (χ1n) is 4.72. The Labute approximate surface area is 85.8 Å². The first-order valence-corrected chi connectivity index (χ1v) is 4.72. The average molecular weight is 200 g/mol. The standard InChI is InChI=1S/C11H20O3/c1-8(6-12)9(2)7-14-10(13)11(3,4)5/h12H,6-7H2,1-5H3/b9-8+. The van der Waals surface area contributed by atoms with Crippen LogP contribution in [0.1, 0.15) is 34.6 Å². The lowest BCUT2D eigenvalue weighted by Gasteiger charge is -2.17. The highest BCUT2D eigenvalue weighted by atomic mass is 16.5. The molecule has 0 unspecified atom stereocenters. The van der Waals surface area contributed by atoms with Crippen molar-refractivity contribution in [1.82, 2.24) is 0 Å². The van der Waals surface area contributed by atoms with Gasteiger partial charge < -0.3 is 9.84 Å². The number of rotatable bonds is 3. The maximum Gasteiger partial charge on any atom is 0.311 e. The second-order valence-corrected chi connectivity index (χ2v) is 4.54. The maximum absolute atomic E-state index is 11.4. The summed E-state index contributed by atoms with van der Waals surface area (Å²) in [5.74, 6) is -0.220. The molecule has 0 aliphatic heterocycles. The molecule has 1 N–H and O–H groups in total. The van der Waals surface area contributed by atoms with Crippen molar-refractivity contribution in [2.75, 3.05) is 13.2 Å². The Bertz CT molecular complexity index is 233. The van der Waals surface area contributed by atoms with Crippen LogP contribution >= 0.6 is 0 Å². The molecule has 0 fully saturated rings. The second-order valence-electron chi connectivity index (χ2n) is 4.54. The van der Waals surface area contributed by atoms with Gasteiger partial charge in [0, 0.05) is 0 Å². The van der Waals surface area contributed by atoms with E-state index in [1.807, 2.05) is 34.6 Å². The lowest BCUT2D eigenvalue weighted by Crippen LogP contribution is -2.23. The molecule has 0 aliphatic carbocycles. The Morgan fingerprint density at radius 1 is 1.21 bits per heavy atom. The molecule has 0 bridgehead atoms. The zero-order chi connectivity index (χ0) is 11.4. The molecule has 82 valence electrons. The fourth-order valence-electron chi connectivity index (χ4n) is 0.648. The van der Waals surface area contributed by atoms with Gasteiger partial charge in [0.25, 0.3) is 0 Å². The minimum atomic E-state index is -0.465. The van der Waals surface area contributed by atoms with E-state index in [1.165, 1.54) is 0 Å². The van der Waals surface area contributed by atoms with Gasteiger partial charge in [-0.05, 0) is 45.8 Å². The summed E-state index contributed by atoms with van der Waals surface area (Å²) in [6, 6.07) is 0. The molecule has 0 spiro atoms. The van der Waals surface area contributed by atoms with Crippen molar-refractivity contribution in [3.05, 3.63) is 11.1 Å². The molecule has 0 aliphatic rings. The summed E-state index contributed by atoms with van der Waals surface area (Å²) in [5.41, 5.74) is 1.30. The molecule has 0 aromatic rings. The van der Waals surface area contributed by atoms with Crippen molar-refractivity contribution in [2.24, 2.45) is 5.41 Å². The van der Waals surface area contributed by atoms with Crippen LogP contribution in [0.2, 0.25) is 0 Å². The third kappa shape index (κ3) is 4.42. The lowest BCUT2D eigenvalue weighted by atomic mass is 9.97. The zero-order valence-electron chi connectivity index (χ0n) is 9.68. The highest BCUT2D eigenvalue weighted by Crippen LogP contribution is 2.16. The lowest BCUT2D eigenvalue weighted by molar-refractivity contribution is -0.151. The molecule has 0 saturated heterocycles. The van der Waals surface area contributed by atoms with E-state index in [0.29, 0.717) is 0 Å². The monoisotopic (exact) mass is 200 g/mol. The van der Waals surface area contributed by atoms with Crippen LogP contribution in [0, 0.1) is 5.41 Å². The Hall–Kier alpha value is -0.830. The summed E-state index contributed by atoms with van der Waals surface area (Å²) in [6.07, 6.45) is 0. The van der Waals surface area contributed by atoms with Gasteiger partial charge in [-0.15, -0.1) is 0 Å². The summed E-state index contributed by atoms with van der Waals surface area (Å²) < 4.78 is 5.08. The summed E-state index contributed by atoms with van der Waals surface area (Å²) in [5, 5.41) is 8.83. The average Bonchev–Trinajstić information content (AvgIpc) is 2.10. The Morgan fingerprint density at radius 3 is 2.07 bits per heavy atom. The molecule has 0 saturated carbocycles. The van der Waals surface area contributed by atoms with Gasteiger partial charge >= 0.3 is 5.97 Å². The summed E-state index contributed by atoms with van der Waals surface area (Å²) in [6.45, 7) is 9.39. The van der Waals surface area contributed by atoms with Crippen LogP contribution in [0.5, 0.6) is 0 Å². The molecule has 0 heterocycles. The summed E-state index contributed by atoms with van der Waals surface area (Å²) in [7, 11) is 0. The van der Waals surface area contributed by atoms with Crippen LogP contribution < -0.4 is 0 Å². The predicted octanol–water partition coefficient (Wildman–Crippen LogP) is 1.90. The molecular formula is C11H20O3. The van der Waals surface area contributed by atoms with E-state index in [9.17, 15) is 4.79 Å². The highest BCUT2D eigenvalue weighted by molar-refractivity contribution is 5.75. The van der Waals surface area contributed by atoms with Gasteiger partial charge in [-0.1, -0.05) is 0 Å². The quantitative estimate of drug-likeness (QED) is 0.559. The predicted molar refractivity (Wildman–Crippen MR) is 55.9 cm³/mol. The normalized spacial score (nSPS) is 13.6. The molecular weight excluding hydrogens is 180 g/mol. The molecule has 3 heteroatoms.